The summed E-state index contributed by atoms with van der Waals surface area (Å²) in [4.78, 5) is 0. The van der Waals surface area contributed by atoms with Gasteiger partial charge in [0.05, 0.1) is 0 Å². The van der Waals surface area contributed by atoms with Crippen LogP contribution in [0.25, 0.3) is 121 Å². The molecule has 0 bridgehead atoms. The molecule has 0 saturated heterocycles. The Kier molecular flexibility index (Phi) is 8.90. The standard InChI is InChI=1S/C62H40O/c1-4-15-41(16-5-1)50-33-35-55-57(39-50)60(54-26-13-12-25-53(54)59(55)45-30-27-43(28-31-45)49-32-29-42-17-10-11-22-47(42)37-49)52-24-14-23-48(38-52)51-34-36-56-58(40-51)63-62(46-20-8-3-9-21-46)61(56)44-18-6-2-7-19-44/h1-40H. The second kappa shape index (κ2) is 15.3. The van der Waals surface area contributed by atoms with Crippen LogP contribution >= 0.6 is 0 Å². The van der Waals surface area contributed by atoms with Gasteiger partial charge in [0.25, 0.3) is 0 Å². The van der Waals surface area contributed by atoms with E-state index in [2.05, 4.69) is 237 Å². The summed E-state index contributed by atoms with van der Waals surface area (Å²) < 4.78 is 6.79. The number of hydrogen-bond acceptors (Lipinski definition) is 1. The number of benzene rings is 11. The van der Waals surface area contributed by atoms with Crippen molar-refractivity contribution < 1.29 is 4.42 Å². The highest BCUT2D eigenvalue weighted by atomic mass is 16.3. The predicted octanol–water partition coefficient (Wildman–Crippen LogP) is 17.6. The first-order valence-corrected chi connectivity index (χ1v) is 21.7. The van der Waals surface area contributed by atoms with E-state index in [-0.39, 0.29) is 0 Å². The van der Waals surface area contributed by atoms with E-state index in [1.165, 1.54) is 76.8 Å². The van der Waals surface area contributed by atoms with Crippen molar-refractivity contribution in [2.45, 2.75) is 0 Å². The molecule has 0 spiro atoms. The van der Waals surface area contributed by atoms with E-state index < -0.39 is 0 Å². The molecular formula is C62H40O. The number of fused-ring (bicyclic) bond motifs is 4. The van der Waals surface area contributed by atoms with Gasteiger partial charge in [-0.3, -0.25) is 0 Å². The normalized spacial score (nSPS) is 11.5. The van der Waals surface area contributed by atoms with Gasteiger partial charge in [0.15, 0.2) is 0 Å². The first-order valence-electron chi connectivity index (χ1n) is 21.7. The van der Waals surface area contributed by atoms with Gasteiger partial charge in [-0.25, -0.2) is 0 Å². The van der Waals surface area contributed by atoms with E-state index in [9.17, 15) is 0 Å². The summed E-state index contributed by atoms with van der Waals surface area (Å²) in [6, 6.07) is 87.9. The van der Waals surface area contributed by atoms with Gasteiger partial charge in [-0.2, -0.15) is 0 Å². The van der Waals surface area contributed by atoms with Crippen LogP contribution < -0.4 is 0 Å². The highest BCUT2D eigenvalue weighted by Crippen LogP contribution is 2.47. The van der Waals surface area contributed by atoms with E-state index >= 15 is 0 Å². The van der Waals surface area contributed by atoms with Crippen molar-refractivity contribution in [2.75, 3.05) is 0 Å². The molecule has 12 rings (SSSR count). The summed E-state index contributed by atoms with van der Waals surface area (Å²) in [5.41, 5.74) is 16.1. The minimum absolute atomic E-state index is 0.870. The minimum atomic E-state index is 0.870. The lowest BCUT2D eigenvalue weighted by molar-refractivity contribution is 0.632. The monoisotopic (exact) mass is 800 g/mol. The maximum atomic E-state index is 6.79. The fourth-order valence-electron chi connectivity index (χ4n) is 9.62. The maximum Gasteiger partial charge on any atom is 0.143 e. The van der Waals surface area contributed by atoms with Crippen molar-refractivity contribution >= 4 is 43.3 Å². The zero-order chi connectivity index (χ0) is 41.7. The summed E-state index contributed by atoms with van der Waals surface area (Å²) in [6.45, 7) is 0. The highest BCUT2D eigenvalue weighted by Gasteiger charge is 2.21. The van der Waals surface area contributed by atoms with Crippen LogP contribution in [0.15, 0.2) is 247 Å². The molecule has 0 N–H and O–H groups in total. The van der Waals surface area contributed by atoms with Gasteiger partial charge >= 0.3 is 0 Å². The largest absolute Gasteiger partial charge is 0.455 e. The highest BCUT2D eigenvalue weighted by molar-refractivity contribution is 6.22. The lowest BCUT2D eigenvalue weighted by Gasteiger charge is -2.19. The van der Waals surface area contributed by atoms with Crippen molar-refractivity contribution in [3.05, 3.63) is 243 Å². The van der Waals surface area contributed by atoms with Crippen molar-refractivity contribution in [3.63, 3.8) is 0 Å². The van der Waals surface area contributed by atoms with Crippen LogP contribution in [0.3, 0.4) is 0 Å². The third-order valence-corrected chi connectivity index (χ3v) is 12.7. The Morgan fingerprint density at radius 3 is 1.38 bits per heavy atom. The Bertz CT molecular complexity index is 3640. The van der Waals surface area contributed by atoms with E-state index in [1.807, 2.05) is 6.07 Å². The molecule has 1 heteroatoms. The quantitative estimate of drug-likeness (QED) is 0.146. The molecule has 11 aromatic carbocycles. The lowest BCUT2D eigenvalue weighted by atomic mass is 9.84. The molecular weight excluding hydrogens is 761 g/mol. The summed E-state index contributed by atoms with van der Waals surface area (Å²) >= 11 is 0. The van der Waals surface area contributed by atoms with Crippen LogP contribution in [0.4, 0.5) is 0 Å². The maximum absolute atomic E-state index is 6.79. The molecule has 0 atom stereocenters. The van der Waals surface area contributed by atoms with Gasteiger partial charge in [-0.15, -0.1) is 0 Å². The van der Waals surface area contributed by atoms with Gasteiger partial charge < -0.3 is 4.42 Å². The third-order valence-electron chi connectivity index (χ3n) is 12.7. The van der Waals surface area contributed by atoms with Crippen LogP contribution in [0.1, 0.15) is 0 Å². The Morgan fingerprint density at radius 2 is 0.651 bits per heavy atom. The minimum Gasteiger partial charge on any atom is -0.455 e. The molecule has 1 heterocycles. The molecule has 0 aliphatic carbocycles. The zero-order valence-corrected chi connectivity index (χ0v) is 34.5. The number of hydrogen-bond donors (Lipinski definition) is 0. The fourth-order valence-corrected chi connectivity index (χ4v) is 9.62. The van der Waals surface area contributed by atoms with Gasteiger partial charge in [0.2, 0.25) is 0 Å². The van der Waals surface area contributed by atoms with Crippen LogP contribution in [0.5, 0.6) is 0 Å². The van der Waals surface area contributed by atoms with Crippen molar-refractivity contribution in [2.24, 2.45) is 0 Å². The average Bonchev–Trinajstić information content (AvgIpc) is 3.75. The smallest absolute Gasteiger partial charge is 0.143 e. The molecule has 1 aromatic heterocycles. The molecule has 0 unspecified atom stereocenters. The number of furan rings is 1. The first kappa shape index (κ1) is 36.6. The Labute approximate surface area is 366 Å². The summed E-state index contributed by atoms with van der Waals surface area (Å²) in [6.07, 6.45) is 0. The van der Waals surface area contributed by atoms with Gasteiger partial charge in [0, 0.05) is 16.5 Å². The third kappa shape index (κ3) is 6.50. The second-order valence-corrected chi connectivity index (χ2v) is 16.4. The van der Waals surface area contributed by atoms with Crippen molar-refractivity contribution in [3.8, 4) is 78.1 Å². The van der Waals surface area contributed by atoms with Gasteiger partial charge in [0.1, 0.15) is 11.3 Å². The Morgan fingerprint density at radius 1 is 0.206 bits per heavy atom. The molecule has 0 amide bonds. The van der Waals surface area contributed by atoms with Crippen LogP contribution in [-0.2, 0) is 0 Å². The molecule has 0 aliphatic heterocycles. The van der Waals surface area contributed by atoms with Crippen LogP contribution in [0, 0.1) is 0 Å². The molecule has 0 radical (unpaired) electrons. The summed E-state index contributed by atoms with van der Waals surface area (Å²) in [7, 11) is 0. The Balaban J connectivity index is 1.03. The van der Waals surface area contributed by atoms with E-state index in [0.717, 1.165) is 44.5 Å². The SMILES string of the molecule is c1ccc(-c2ccc3c(-c4ccc(-c5ccc6ccccc6c5)cc4)c4ccccc4c(-c4cccc(-c5ccc6c(-c7ccccc7)c(-c7ccccc7)oc6c5)c4)c3c2)cc1. The molecule has 63 heavy (non-hydrogen) atoms. The van der Waals surface area contributed by atoms with Crippen LogP contribution in [-0.4, -0.2) is 0 Å². The zero-order valence-electron chi connectivity index (χ0n) is 34.5. The topological polar surface area (TPSA) is 13.1 Å². The van der Waals surface area contributed by atoms with E-state index in [4.69, 9.17) is 4.42 Å². The average molecular weight is 801 g/mol. The van der Waals surface area contributed by atoms with E-state index in [0.29, 0.717) is 0 Å². The van der Waals surface area contributed by atoms with E-state index in [1.54, 1.807) is 0 Å². The molecule has 1 nitrogen and oxygen atoms in total. The molecule has 294 valence electrons. The Hall–Kier alpha value is -8.26. The van der Waals surface area contributed by atoms with Crippen molar-refractivity contribution in [1.82, 2.24) is 0 Å². The van der Waals surface area contributed by atoms with Gasteiger partial charge in [-0.1, -0.05) is 212 Å². The molecule has 0 aliphatic rings. The molecule has 0 saturated carbocycles. The van der Waals surface area contributed by atoms with Gasteiger partial charge in [-0.05, 0) is 124 Å². The second-order valence-electron chi connectivity index (χ2n) is 16.4. The summed E-state index contributed by atoms with van der Waals surface area (Å²) in [5, 5.41) is 8.52. The van der Waals surface area contributed by atoms with Crippen LogP contribution in [0.2, 0.25) is 0 Å². The summed E-state index contributed by atoms with van der Waals surface area (Å²) in [5.74, 6) is 0.887. The first-order chi connectivity index (χ1) is 31.2. The molecule has 12 aromatic rings. The predicted molar refractivity (Wildman–Crippen MR) is 267 cm³/mol. The fraction of sp³-hybridized carbons (Fsp3) is 0. The molecule has 0 fully saturated rings. The number of rotatable bonds is 7. The van der Waals surface area contributed by atoms with Crippen molar-refractivity contribution in [1.29, 1.82) is 0 Å². The lowest BCUT2D eigenvalue weighted by Crippen LogP contribution is -1.92.